The third-order valence-electron chi connectivity index (χ3n) is 4.72. The first kappa shape index (κ1) is 19.2. The van der Waals surface area contributed by atoms with E-state index >= 15 is 0 Å². The van der Waals surface area contributed by atoms with Crippen LogP contribution in [0.3, 0.4) is 0 Å². The number of benzene rings is 1. The lowest BCUT2D eigenvalue weighted by atomic mass is 10.0. The molecule has 4 rings (SSSR count). The molecule has 0 atom stereocenters. The van der Waals surface area contributed by atoms with Crippen molar-refractivity contribution in [1.82, 2.24) is 24.8 Å². The van der Waals surface area contributed by atoms with Crippen molar-refractivity contribution in [2.45, 2.75) is 25.7 Å². The molecule has 0 spiro atoms. The summed E-state index contributed by atoms with van der Waals surface area (Å²) in [5, 5.41) is 0. The molecule has 10 heteroatoms. The van der Waals surface area contributed by atoms with Crippen molar-refractivity contribution in [2.75, 3.05) is 6.54 Å². The Morgan fingerprint density at radius 2 is 1.93 bits per heavy atom. The lowest BCUT2D eigenvalue weighted by Crippen LogP contribution is -2.35. The van der Waals surface area contributed by atoms with Gasteiger partial charge in [0.1, 0.15) is 18.0 Å². The van der Waals surface area contributed by atoms with Crippen molar-refractivity contribution < 1.29 is 17.6 Å². The highest BCUT2D eigenvalue weighted by atomic mass is 19.4. The van der Waals surface area contributed by atoms with E-state index in [1.54, 1.807) is 12.4 Å². The number of hydrogen-bond donors (Lipinski definition) is 1. The van der Waals surface area contributed by atoms with Crippen LogP contribution in [0, 0.1) is 5.82 Å². The summed E-state index contributed by atoms with van der Waals surface area (Å²) < 4.78 is 52.2. The van der Waals surface area contributed by atoms with Crippen molar-refractivity contribution in [2.24, 2.45) is 0 Å². The molecule has 0 saturated carbocycles. The Labute approximate surface area is 162 Å². The van der Waals surface area contributed by atoms with Gasteiger partial charge in [-0.2, -0.15) is 13.2 Å². The standard InChI is InChI=1S/C19H15F4N5O/c20-15-2-1-11(5-14(15)19(21,22)23)8-28-4-3-16-13(9-28)18(29)27-17(26-16)12-6-24-10-25-7-12/h1-2,5-7,10H,3-4,8-9H2,(H,26,27,29). The summed E-state index contributed by atoms with van der Waals surface area (Å²) in [5.74, 6) is -0.931. The third-order valence-corrected chi connectivity index (χ3v) is 4.72. The lowest BCUT2D eigenvalue weighted by molar-refractivity contribution is -0.140. The normalized spacial score (nSPS) is 14.6. The van der Waals surface area contributed by atoms with E-state index < -0.39 is 17.6 Å². The topological polar surface area (TPSA) is 74.8 Å². The fraction of sp³-hybridized carbons (Fsp3) is 0.263. The van der Waals surface area contributed by atoms with Crippen LogP contribution in [0.1, 0.15) is 22.4 Å². The summed E-state index contributed by atoms with van der Waals surface area (Å²) in [7, 11) is 0. The molecule has 0 amide bonds. The molecule has 0 radical (unpaired) electrons. The van der Waals surface area contributed by atoms with Crippen LogP contribution in [0.5, 0.6) is 0 Å². The van der Waals surface area contributed by atoms with Crippen molar-refractivity contribution in [1.29, 1.82) is 0 Å². The highest BCUT2D eigenvalue weighted by molar-refractivity contribution is 5.52. The van der Waals surface area contributed by atoms with Crippen molar-refractivity contribution in [3.05, 3.63) is 75.5 Å². The lowest BCUT2D eigenvalue weighted by Gasteiger charge is -2.28. The van der Waals surface area contributed by atoms with E-state index in [2.05, 4.69) is 19.9 Å². The molecule has 1 aromatic carbocycles. The van der Waals surface area contributed by atoms with E-state index in [0.29, 0.717) is 41.2 Å². The van der Waals surface area contributed by atoms with Crippen molar-refractivity contribution in [3.63, 3.8) is 0 Å². The molecule has 6 nitrogen and oxygen atoms in total. The summed E-state index contributed by atoms with van der Waals surface area (Å²) in [4.78, 5) is 29.3. The van der Waals surface area contributed by atoms with Gasteiger partial charge in [0, 0.05) is 38.4 Å². The Morgan fingerprint density at radius 1 is 1.17 bits per heavy atom. The van der Waals surface area contributed by atoms with Gasteiger partial charge in [0.25, 0.3) is 5.56 Å². The number of alkyl halides is 3. The van der Waals surface area contributed by atoms with E-state index in [0.717, 1.165) is 12.1 Å². The molecule has 0 fully saturated rings. The molecule has 1 aliphatic heterocycles. The van der Waals surface area contributed by atoms with Crippen LogP contribution < -0.4 is 5.56 Å². The average molecular weight is 405 g/mol. The molecule has 0 aliphatic carbocycles. The number of H-pyrrole nitrogens is 1. The maximum Gasteiger partial charge on any atom is 0.419 e. The summed E-state index contributed by atoms with van der Waals surface area (Å²) >= 11 is 0. The van der Waals surface area contributed by atoms with Crippen molar-refractivity contribution in [3.8, 4) is 11.4 Å². The Kier molecular flexibility index (Phi) is 4.87. The first-order valence-corrected chi connectivity index (χ1v) is 8.76. The smallest absolute Gasteiger partial charge is 0.306 e. The molecule has 0 unspecified atom stereocenters. The minimum Gasteiger partial charge on any atom is -0.306 e. The second-order valence-corrected chi connectivity index (χ2v) is 6.74. The van der Waals surface area contributed by atoms with Gasteiger partial charge in [-0.15, -0.1) is 0 Å². The monoisotopic (exact) mass is 405 g/mol. The average Bonchev–Trinajstić information content (AvgIpc) is 2.69. The van der Waals surface area contributed by atoms with Gasteiger partial charge in [-0.3, -0.25) is 9.69 Å². The molecule has 0 saturated heterocycles. The van der Waals surface area contributed by atoms with E-state index in [4.69, 9.17) is 0 Å². The molecule has 3 heterocycles. The molecule has 3 aromatic rings. The van der Waals surface area contributed by atoms with Gasteiger partial charge >= 0.3 is 6.18 Å². The Hall–Kier alpha value is -3.14. The molecule has 150 valence electrons. The molecule has 2 aromatic heterocycles. The van der Waals surface area contributed by atoms with Crippen LogP contribution in [0.2, 0.25) is 0 Å². The van der Waals surface area contributed by atoms with Gasteiger partial charge in [-0.25, -0.2) is 19.3 Å². The number of fused-ring (bicyclic) bond motifs is 1. The number of aromatic nitrogens is 4. The summed E-state index contributed by atoms with van der Waals surface area (Å²) in [6.07, 6.45) is 0.164. The summed E-state index contributed by atoms with van der Waals surface area (Å²) in [6, 6.07) is 2.95. The van der Waals surface area contributed by atoms with Gasteiger partial charge in [-0.1, -0.05) is 6.07 Å². The maximum atomic E-state index is 13.5. The highest BCUT2D eigenvalue weighted by Crippen LogP contribution is 2.32. The van der Waals surface area contributed by atoms with Gasteiger partial charge < -0.3 is 4.98 Å². The minimum absolute atomic E-state index is 0.163. The SMILES string of the molecule is O=c1[nH]c(-c2cncnc2)nc2c1CN(Cc1ccc(F)c(C(F)(F)F)c1)CC2. The van der Waals surface area contributed by atoms with Crippen LogP contribution in [-0.4, -0.2) is 31.4 Å². The molecule has 29 heavy (non-hydrogen) atoms. The zero-order valence-corrected chi connectivity index (χ0v) is 15.0. The van der Waals surface area contributed by atoms with Gasteiger partial charge in [0.05, 0.1) is 22.4 Å². The predicted molar refractivity (Wildman–Crippen MR) is 95.1 cm³/mol. The zero-order chi connectivity index (χ0) is 20.6. The second kappa shape index (κ2) is 7.36. The molecule has 0 bridgehead atoms. The number of halogens is 4. The van der Waals surface area contributed by atoms with Crippen LogP contribution in [0.15, 0.2) is 41.7 Å². The van der Waals surface area contributed by atoms with Crippen LogP contribution in [0.4, 0.5) is 17.6 Å². The third kappa shape index (κ3) is 4.02. The number of nitrogens with zero attached hydrogens (tertiary/aromatic N) is 4. The largest absolute Gasteiger partial charge is 0.419 e. The van der Waals surface area contributed by atoms with E-state index in [-0.39, 0.29) is 18.6 Å². The van der Waals surface area contributed by atoms with Gasteiger partial charge in [0.15, 0.2) is 0 Å². The first-order chi connectivity index (χ1) is 13.8. The van der Waals surface area contributed by atoms with Crippen LogP contribution in [0.25, 0.3) is 11.4 Å². The second-order valence-electron chi connectivity index (χ2n) is 6.74. The van der Waals surface area contributed by atoms with Gasteiger partial charge in [-0.05, 0) is 17.7 Å². The summed E-state index contributed by atoms with van der Waals surface area (Å²) in [6.45, 7) is 0.908. The molecule has 1 N–H and O–H groups in total. The molecular formula is C19H15F4N5O. The number of hydrogen-bond acceptors (Lipinski definition) is 5. The molecular weight excluding hydrogens is 390 g/mol. The van der Waals surface area contributed by atoms with Gasteiger partial charge in [0.2, 0.25) is 0 Å². The highest BCUT2D eigenvalue weighted by Gasteiger charge is 2.34. The number of nitrogens with one attached hydrogen (secondary N) is 1. The van der Waals surface area contributed by atoms with E-state index in [1.165, 1.54) is 12.4 Å². The molecule has 1 aliphatic rings. The van der Waals surface area contributed by atoms with Crippen LogP contribution in [-0.2, 0) is 25.7 Å². The quantitative estimate of drug-likeness (QED) is 0.679. The Morgan fingerprint density at radius 3 is 2.66 bits per heavy atom. The zero-order valence-electron chi connectivity index (χ0n) is 15.0. The maximum absolute atomic E-state index is 13.5. The first-order valence-electron chi connectivity index (χ1n) is 8.76. The Balaban J connectivity index is 1.56. The fourth-order valence-corrected chi connectivity index (χ4v) is 3.32. The Bertz CT molecular complexity index is 1100. The van der Waals surface area contributed by atoms with E-state index in [9.17, 15) is 22.4 Å². The predicted octanol–water partition coefficient (Wildman–Crippen LogP) is 2.94. The van der Waals surface area contributed by atoms with E-state index in [1.807, 2.05) is 4.90 Å². The minimum atomic E-state index is -4.76. The fourth-order valence-electron chi connectivity index (χ4n) is 3.32. The summed E-state index contributed by atoms with van der Waals surface area (Å²) in [5.41, 5.74) is 0.412. The number of rotatable bonds is 3. The number of aromatic amines is 1. The van der Waals surface area contributed by atoms with Crippen molar-refractivity contribution >= 4 is 0 Å². The van der Waals surface area contributed by atoms with Crippen LogP contribution >= 0.6 is 0 Å².